The van der Waals surface area contributed by atoms with Crippen LogP contribution < -0.4 is 19.5 Å². The molecule has 0 unspecified atom stereocenters. The maximum absolute atomic E-state index is 13.6. The summed E-state index contributed by atoms with van der Waals surface area (Å²) in [4.78, 5) is 8.86. The highest BCUT2D eigenvalue weighted by Crippen LogP contribution is 2.29. The van der Waals surface area contributed by atoms with Crippen LogP contribution in [0.5, 0.6) is 5.75 Å². The fraction of sp³-hybridized carbons (Fsp3) is 0.0714. The summed E-state index contributed by atoms with van der Waals surface area (Å²) in [5.41, 5.74) is 1.96. The van der Waals surface area contributed by atoms with Gasteiger partial charge in [-0.05, 0) is 91.3 Å². The van der Waals surface area contributed by atoms with Gasteiger partial charge < -0.3 is 10.1 Å². The van der Waals surface area contributed by atoms with Gasteiger partial charge in [0.15, 0.2) is 11.6 Å². The lowest BCUT2D eigenvalue weighted by molar-refractivity contribution is 0.415. The molecule has 41 heavy (non-hydrogen) atoms. The van der Waals surface area contributed by atoms with Crippen LogP contribution in [0.25, 0.3) is 11.0 Å². The molecule has 4 aromatic carbocycles. The number of aryl methyl sites for hydroxylation is 1. The average molecular weight is 594 g/mol. The van der Waals surface area contributed by atoms with Crippen LogP contribution in [0.2, 0.25) is 0 Å². The first-order valence-corrected chi connectivity index (χ1v) is 15.1. The van der Waals surface area contributed by atoms with Gasteiger partial charge in [-0.15, -0.1) is 0 Å². The van der Waals surface area contributed by atoms with Gasteiger partial charge >= 0.3 is 0 Å². The van der Waals surface area contributed by atoms with E-state index in [0.29, 0.717) is 28.2 Å². The number of hydrogen-bond acceptors (Lipinski definition) is 8. The highest BCUT2D eigenvalue weighted by atomic mass is 32.2. The molecular formula is C28H24FN5O5S2. The lowest BCUT2D eigenvalue weighted by Gasteiger charge is -2.15. The van der Waals surface area contributed by atoms with E-state index < -0.39 is 25.9 Å². The topological polar surface area (TPSA) is 139 Å². The van der Waals surface area contributed by atoms with Crippen molar-refractivity contribution in [1.29, 1.82) is 0 Å². The Morgan fingerprint density at radius 1 is 0.707 bits per heavy atom. The van der Waals surface area contributed by atoms with Gasteiger partial charge in [0.1, 0.15) is 11.6 Å². The summed E-state index contributed by atoms with van der Waals surface area (Å²) in [6.45, 7) is 1.49. The molecule has 0 atom stereocenters. The number of ether oxygens (including phenoxy) is 1. The Balaban J connectivity index is 1.43. The summed E-state index contributed by atoms with van der Waals surface area (Å²) in [7, 11) is -6.53. The summed E-state index contributed by atoms with van der Waals surface area (Å²) in [6, 6.07) is 22.5. The van der Waals surface area contributed by atoms with E-state index in [1.807, 2.05) is 0 Å². The molecule has 1 heterocycles. The van der Waals surface area contributed by atoms with Crippen molar-refractivity contribution in [2.75, 3.05) is 21.9 Å². The monoisotopic (exact) mass is 593 g/mol. The van der Waals surface area contributed by atoms with E-state index in [1.54, 1.807) is 48.5 Å². The normalized spacial score (nSPS) is 11.7. The first-order chi connectivity index (χ1) is 19.5. The SMILES string of the molecule is COc1ccc(NS(=O)(=O)c2ccc(Nc3nc4ccccc4nc3NS(=O)(=O)c3ccc(F)cc3C)cc2)cc1. The first kappa shape index (κ1) is 27.8. The Labute approximate surface area is 236 Å². The van der Waals surface area contributed by atoms with Crippen LogP contribution in [0.4, 0.5) is 27.4 Å². The molecule has 0 saturated carbocycles. The molecule has 0 bridgehead atoms. The zero-order chi connectivity index (χ0) is 29.2. The number of nitrogens with one attached hydrogen (secondary N) is 3. The van der Waals surface area contributed by atoms with Crippen molar-refractivity contribution in [2.24, 2.45) is 0 Å². The Morgan fingerprint density at radius 2 is 1.32 bits per heavy atom. The van der Waals surface area contributed by atoms with Crippen molar-refractivity contribution in [3.8, 4) is 5.75 Å². The maximum Gasteiger partial charge on any atom is 0.263 e. The second kappa shape index (κ2) is 11.0. The van der Waals surface area contributed by atoms with Gasteiger partial charge in [0.05, 0.1) is 27.9 Å². The lowest BCUT2D eigenvalue weighted by Crippen LogP contribution is -2.17. The van der Waals surface area contributed by atoms with Crippen LogP contribution >= 0.6 is 0 Å². The lowest BCUT2D eigenvalue weighted by atomic mass is 10.2. The minimum absolute atomic E-state index is 0.0103. The molecule has 0 amide bonds. The zero-order valence-corrected chi connectivity index (χ0v) is 23.4. The largest absolute Gasteiger partial charge is 0.497 e. The summed E-state index contributed by atoms with van der Waals surface area (Å²) < 4.78 is 75.8. The molecule has 0 aliphatic heterocycles. The quantitative estimate of drug-likeness (QED) is 0.206. The van der Waals surface area contributed by atoms with Crippen LogP contribution in [0.15, 0.2) is 101 Å². The van der Waals surface area contributed by atoms with Gasteiger partial charge in [0, 0.05) is 11.4 Å². The molecule has 0 radical (unpaired) electrons. The van der Waals surface area contributed by atoms with E-state index in [2.05, 4.69) is 24.7 Å². The molecule has 10 nitrogen and oxygen atoms in total. The van der Waals surface area contributed by atoms with E-state index >= 15 is 0 Å². The van der Waals surface area contributed by atoms with E-state index in [0.717, 1.165) is 12.1 Å². The van der Waals surface area contributed by atoms with Gasteiger partial charge in [-0.1, -0.05) is 12.1 Å². The van der Waals surface area contributed by atoms with E-state index in [4.69, 9.17) is 4.74 Å². The number of para-hydroxylation sites is 2. The van der Waals surface area contributed by atoms with Crippen LogP contribution in [0.1, 0.15) is 5.56 Å². The predicted octanol–water partition coefficient (Wildman–Crippen LogP) is 5.43. The fourth-order valence-electron chi connectivity index (χ4n) is 3.98. The van der Waals surface area contributed by atoms with E-state index in [9.17, 15) is 21.2 Å². The smallest absolute Gasteiger partial charge is 0.263 e. The Morgan fingerprint density at radius 3 is 1.93 bits per heavy atom. The minimum Gasteiger partial charge on any atom is -0.497 e. The molecule has 1 aromatic heterocycles. The number of nitrogens with zero attached hydrogens (tertiary/aromatic N) is 2. The highest BCUT2D eigenvalue weighted by Gasteiger charge is 2.22. The zero-order valence-electron chi connectivity index (χ0n) is 21.8. The van der Waals surface area contributed by atoms with Gasteiger partial charge in [0.25, 0.3) is 20.0 Å². The molecule has 5 rings (SSSR count). The van der Waals surface area contributed by atoms with Crippen LogP contribution in [0.3, 0.4) is 0 Å². The van der Waals surface area contributed by atoms with Gasteiger partial charge in [-0.25, -0.2) is 31.2 Å². The highest BCUT2D eigenvalue weighted by molar-refractivity contribution is 7.93. The molecule has 0 spiro atoms. The van der Waals surface area contributed by atoms with Crippen LogP contribution in [-0.4, -0.2) is 33.9 Å². The van der Waals surface area contributed by atoms with Crippen molar-refractivity contribution in [3.05, 3.63) is 102 Å². The van der Waals surface area contributed by atoms with Gasteiger partial charge in [-0.3, -0.25) is 9.44 Å². The number of methoxy groups -OCH3 is 1. The molecule has 13 heteroatoms. The molecule has 0 aliphatic carbocycles. The van der Waals surface area contributed by atoms with Crippen molar-refractivity contribution >= 4 is 54.1 Å². The van der Waals surface area contributed by atoms with Crippen molar-refractivity contribution in [1.82, 2.24) is 9.97 Å². The average Bonchev–Trinajstić information content (AvgIpc) is 2.93. The minimum atomic E-state index is -4.16. The van der Waals surface area contributed by atoms with Crippen LogP contribution in [-0.2, 0) is 20.0 Å². The summed E-state index contributed by atoms with van der Waals surface area (Å²) in [5.74, 6) is 0.0258. The molecule has 210 valence electrons. The molecule has 0 aliphatic rings. The van der Waals surface area contributed by atoms with Crippen molar-refractivity contribution in [3.63, 3.8) is 0 Å². The first-order valence-electron chi connectivity index (χ1n) is 12.1. The fourth-order valence-corrected chi connectivity index (χ4v) is 6.28. The summed E-state index contributed by atoms with van der Waals surface area (Å²) in [6.07, 6.45) is 0. The molecule has 0 saturated heterocycles. The van der Waals surface area contributed by atoms with Crippen molar-refractivity contribution < 1.29 is 26.0 Å². The molecule has 5 aromatic rings. The second-order valence-electron chi connectivity index (χ2n) is 8.91. The number of hydrogen-bond donors (Lipinski definition) is 3. The van der Waals surface area contributed by atoms with Crippen molar-refractivity contribution in [2.45, 2.75) is 16.7 Å². The summed E-state index contributed by atoms with van der Waals surface area (Å²) >= 11 is 0. The van der Waals surface area contributed by atoms with E-state index in [1.165, 1.54) is 44.4 Å². The third kappa shape index (κ3) is 6.21. The number of halogens is 1. The number of anilines is 4. The predicted molar refractivity (Wildman–Crippen MR) is 155 cm³/mol. The van der Waals surface area contributed by atoms with Gasteiger partial charge in [-0.2, -0.15) is 0 Å². The molecule has 3 N–H and O–H groups in total. The Bertz CT molecular complexity index is 1950. The third-order valence-corrected chi connectivity index (χ3v) is 8.89. The molecule has 0 fully saturated rings. The molecular weight excluding hydrogens is 569 g/mol. The Kier molecular flexibility index (Phi) is 7.47. The number of rotatable bonds is 9. The second-order valence-corrected chi connectivity index (χ2v) is 12.2. The number of benzene rings is 4. The maximum atomic E-state index is 13.6. The van der Waals surface area contributed by atoms with E-state index in [-0.39, 0.29) is 27.0 Å². The number of sulfonamides is 2. The standard InChI is InChI=1S/C28H24FN5O5S2/c1-18-17-19(29)7-16-26(18)41(37,38)34-28-27(31-24-5-3-4-6-25(24)32-28)30-20-10-14-23(15-11-20)40(35,36)33-21-8-12-22(39-2)13-9-21/h3-17,33H,1-2H3,(H,30,31)(H,32,34). The number of aromatic nitrogens is 2. The number of fused-ring (bicyclic) bond motifs is 1. The summed E-state index contributed by atoms with van der Waals surface area (Å²) in [5, 5.41) is 3.01. The van der Waals surface area contributed by atoms with Gasteiger partial charge in [0.2, 0.25) is 0 Å². The third-order valence-electron chi connectivity index (χ3n) is 6.00. The van der Waals surface area contributed by atoms with Crippen LogP contribution in [0, 0.1) is 12.7 Å². The Hall–Kier alpha value is -4.75.